The smallest absolute Gasteiger partial charge is 0.188 e. The third-order valence-electron chi connectivity index (χ3n) is 4.58. The Morgan fingerprint density at radius 3 is 3.00 bits per heavy atom. The van der Waals surface area contributed by atoms with Gasteiger partial charge in [-0.1, -0.05) is 0 Å². The highest BCUT2D eigenvalue weighted by Crippen LogP contribution is 2.28. The molecule has 1 aliphatic rings. The number of nitrogens with one attached hydrogen (secondary N) is 2. The molecule has 0 bridgehead atoms. The molecule has 1 fully saturated rings. The minimum Gasteiger partial charge on any atom is -0.347 e. The summed E-state index contributed by atoms with van der Waals surface area (Å²) >= 11 is 1.59. The van der Waals surface area contributed by atoms with Crippen LogP contribution in [-0.2, 0) is 6.54 Å². The van der Waals surface area contributed by atoms with Crippen molar-refractivity contribution in [2.24, 2.45) is 0 Å². The molecule has 0 aliphatic carbocycles. The van der Waals surface area contributed by atoms with E-state index in [4.69, 9.17) is 4.98 Å². The summed E-state index contributed by atoms with van der Waals surface area (Å²) < 4.78 is 0. The van der Waals surface area contributed by atoms with E-state index >= 15 is 0 Å². The van der Waals surface area contributed by atoms with Gasteiger partial charge in [0.15, 0.2) is 5.13 Å². The molecule has 7 nitrogen and oxygen atoms in total. The molecule has 0 spiro atoms. The zero-order chi connectivity index (χ0) is 17.9. The van der Waals surface area contributed by atoms with E-state index in [1.807, 2.05) is 25.4 Å². The van der Waals surface area contributed by atoms with Gasteiger partial charge in [0, 0.05) is 42.3 Å². The average molecular weight is 369 g/mol. The van der Waals surface area contributed by atoms with E-state index in [1.54, 1.807) is 17.7 Å². The summed E-state index contributed by atoms with van der Waals surface area (Å²) in [5.41, 5.74) is 3.29. The normalized spacial score (nSPS) is 18.2. The lowest BCUT2D eigenvalue weighted by molar-refractivity contribution is 0.196. The van der Waals surface area contributed by atoms with Gasteiger partial charge in [0.05, 0.1) is 17.7 Å². The zero-order valence-electron chi connectivity index (χ0n) is 15.1. The van der Waals surface area contributed by atoms with Crippen LogP contribution in [0, 0.1) is 13.8 Å². The first-order valence-corrected chi connectivity index (χ1v) is 9.78. The maximum Gasteiger partial charge on any atom is 0.188 e. The summed E-state index contributed by atoms with van der Waals surface area (Å²) in [7, 11) is 0. The number of nitrogens with zero attached hydrogens (tertiary/aromatic N) is 5. The third-order valence-corrected chi connectivity index (χ3v) is 5.46. The van der Waals surface area contributed by atoms with Crippen molar-refractivity contribution >= 4 is 22.3 Å². The molecule has 3 aromatic rings. The van der Waals surface area contributed by atoms with Gasteiger partial charge in [-0.3, -0.25) is 4.90 Å². The summed E-state index contributed by atoms with van der Waals surface area (Å²) in [5.74, 6) is 2.04. The van der Waals surface area contributed by atoms with Gasteiger partial charge in [-0.05, 0) is 33.2 Å². The molecule has 136 valence electrons. The second-order valence-electron chi connectivity index (χ2n) is 6.80. The van der Waals surface area contributed by atoms with Crippen LogP contribution in [0.3, 0.4) is 0 Å². The van der Waals surface area contributed by atoms with Gasteiger partial charge in [-0.2, -0.15) is 0 Å². The predicted octanol–water partition coefficient (Wildman–Crippen LogP) is 3.40. The predicted molar refractivity (Wildman–Crippen MR) is 103 cm³/mol. The molecule has 26 heavy (non-hydrogen) atoms. The van der Waals surface area contributed by atoms with E-state index in [0.29, 0.717) is 5.92 Å². The van der Waals surface area contributed by atoms with Crippen LogP contribution in [-0.4, -0.2) is 42.9 Å². The van der Waals surface area contributed by atoms with E-state index in [-0.39, 0.29) is 0 Å². The van der Waals surface area contributed by atoms with Gasteiger partial charge in [-0.15, -0.1) is 11.3 Å². The van der Waals surface area contributed by atoms with Crippen molar-refractivity contribution in [2.75, 3.05) is 18.4 Å². The van der Waals surface area contributed by atoms with Gasteiger partial charge in [0.2, 0.25) is 0 Å². The number of imidazole rings is 1. The Balaban J connectivity index is 1.49. The average Bonchev–Trinajstić information content (AvgIpc) is 3.26. The molecule has 4 heterocycles. The van der Waals surface area contributed by atoms with Gasteiger partial charge in [0.25, 0.3) is 0 Å². The van der Waals surface area contributed by atoms with E-state index in [1.165, 1.54) is 6.42 Å². The lowest BCUT2D eigenvalue weighted by Gasteiger charge is -2.32. The largest absolute Gasteiger partial charge is 0.347 e. The summed E-state index contributed by atoms with van der Waals surface area (Å²) in [6, 6.07) is 2.08. The Morgan fingerprint density at radius 2 is 2.23 bits per heavy atom. The SMILES string of the molecule is Cc1csc(Nc2cc([C@H]3CCCN(Cc4cnc[nH]4)C3)nc(C)n2)n1. The van der Waals surface area contributed by atoms with Crippen LogP contribution in [0.1, 0.15) is 41.7 Å². The lowest BCUT2D eigenvalue weighted by atomic mass is 9.94. The summed E-state index contributed by atoms with van der Waals surface area (Å²) in [6.07, 6.45) is 5.97. The number of aromatic nitrogens is 5. The first kappa shape index (κ1) is 17.1. The van der Waals surface area contributed by atoms with Crippen LogP contribution in [0.25, 0.3) is 0 Å². The van der Waals surface area contributed by atoms with Crippen LogP contribution in [0.2, 0.25) is 0 Å². The van der Waals surface area contributed by atoms with Gasteiger partial charge in [0.1, 0.15) is 11.6 Å². The van der Waals surface area contributed by atoms with Gasteiger partial charge < -0.3 is 10.3 Å². The van der Waals surface area contributed by atoms with Crippen LogP contribution >= 0.6 is 11.3 Å². The van der Waals surface area contributed by atoms with Gasteiger partial charge in [-0.25, -0.2) is 19.9 Å². The molecule has 1 saturated heterocycles. The monoisotopic (exact) mass is 369 g/mol. The van der Waals surface area contributed by atoms with E-state index in [0.717, 1.165) is 59.9 Å². The summed E-state index contributed by atoms with van der Waals surface area (Å²) in [5, 5.41) is 6.23. The van der Waals surface area contributed by atoms with Gasteiger partial charge >= 0.3 is 0 Å². The number of piperidine rings is 1. The molecule has 0 unspecified atom stereocenters. The molecular weight excluding hydrogens is 346 g/mol. The number of hydrogen-bond donors (Lipinski definition) is 2. The highest BCUT2D eigenvalue weighted by molar-refractivity contribution is 7.13. The number of hydrogen-bond acceptors (Lipinski definition) is 7. The molecule has 3 aromatic heterocycles. The van der Waals surface area contributed by atoms with Crippen molar-refractivity contribution in [1.29, 1.82) is 0 Å². The lowest BCUT2D eigenvalue weighted by Crippen LogP contribution is -2.34. The molecular formula is C18H23N7S. The second-order valence-corrected chi connectivity index (χ2v) is 7.65. The fraction of sp³-hybridized carbons (Fsp3) is 0.444. The van der Waals surface area contributed by atoms with Crippen molar-refractivity contribution in [3.8, 4) is 0 Å². The first-order valence-electron chi connectivity index (χ1n) is 8.90. The number of thiazole rings is 1. The number of aryl methyl sites for hydroxylation is 2. The van der Waals surface area contributed by atoms with E-state index in [2.05, 4.69) is 36.2 Å². The number of rotatable bonds is 5. The minimum absolute atomic E-state index is 0.423. The topological polar surface area (TPSA) is 82.6 Å². The molecule has 0 aromatic carbocycles. The molecule has 1 atom stereocenters. The van der Waals surface area contributed by atoms with Crippen molar-refractivity contribution in [3.05, 3.63) is 46.9 Å². The van der Waals surface area contributed by atoms with E-state index in [9.17, 15) is 0 Å². The molecule has 0 amide bonds. The second kappa shape index (κ2) is 7.51. The summed E-state index contributed by atoms with van der Waals surface area (Å²) in [4.78, 5) is 23.5. The Labute approximate surface area is 156 Å². The molecule has 2 N–H and O–H groups in total. The number of anilines is 2. The van der Waals surface area contributed by atoms with Crippen LogP contribution < -0.4 is 5.32 Å². The fourth-order valence-electron chi connectivity index (χ4n) is 3.44. The summed E-state index contributed by atoms with van der Waals surface area (Å²) in [6.45, 7) is 6.97. The molecule has 0 radical (unpaired) electrons. The minimum atomic E-state index is 0.423. The molecule has 0 saturated carbocycles. The fourth-order valence-corrected chi connectivity index (χ4v) is 4.13. The Bertz CT molecular complexity index is 858. The third kappa shape index (κ3) is 4.08. The maximum atomic E-state index is 4.72. The van der Waals surface area contributed by atoms with Crippen LogP contribution in [0.4, 0.5) is 10.9 Å². The Hall–Kier alpha value is -2.32. The Kier molecular flexibility index (Phi) is 4.94. The van der Waals surface area contributed by atoms with Crippen LogP contribution in [0.15, 0.2) is 24.0 Å². The van der Waals surface area contributed by atoms with Crippen molar-refractivity contribution < 1.29 is 0 Å². The maximum absolute atomic E-state index is 4.72. The van der Waals surface area contributed by atoms with E-state index < -0.39 is 0 Å². The van der Waals surface area contributed by atoms with Crippen molar-refractivity contribution in [3.63, 3.8) is 0 Å². The highest BCUT2D eigenvalue weighted by atomic mass is 32.1. The number of aromatic amines is 1. The number of likely N-dealkylation sites (tertiary alicyclic amines) is 1. The van der Waals surface area contributed by atoms with Crippen LogP contribution in [0.5, 0.6) is 0 Å². The Morgan fingerprint density at radius 1 is 1.31 bits per heavy atom. The first-order chi connectivity index (χ1) is 12.7. The van der Waals surface area contributed by atoms with Crippen molar-refractivity contribution in [2.45, 2.75) is 39.2 Å². The highest BCUT2D eigenvalue weighted by Gasteiger charge is 2.23. The quantitative estimate of drug-likeness (QED) is 0.717. The zero-order valence-corrected chi connectivity index (χ0v) is 15.9. The molecule has 4 rings (SSSR count). The number of H-pyrrole nitrogens is 1. The van der Waals surface area contributed by atoms with Crippen molar-refractivity contribution in [1.82, 2.24) is 29.8 Å². The molecule has 1 aliphatic heterocycles. The standard InChI is InChI=1S/C18H23N7S/c1-12-10-26-18(21-12)24-17-6-16(22-13(2)23-17)14-4-3-5-25(8-14)9-15-7-19-11-20-15/h6-7,10-11,14H,3-5,8-9H2,1-2H3,(H,19,20)(H,21,22,23,24)/t14-/m0/s1. The molecule has 8 heteroatoms.